The molecule has 0 radical (unpaired) electrons. The quantitative estimate of drug-likeness (QED) is 0.372. The molecule has 37 heavy (non-hydrogen) atoms. The van der Waals surface area contributed by atoms with Crippen molar-refractivity contribution in [2.24, 2.45) is 35.3 Å². The van der Waals surface area contributed by atoms with Crippen LogP contribution in [0.4, 0.5) is 4.39 Å². The molecule has 0 aliphatic heterocycles. The van der Waals surface area contributed by atoms with E-state index in [1.807, 2.05) is 13.8 Å². The Morgan fingerprint density at radius 1 is 1.24 bits per heavy atom. The van der Waals surface area contributed by atoms with Crippen LogP contribution in [0.1, 0.15) is 41.8 Å². The zero-order valence-electron chi connectivity index (χ0n) is 21.2. The second-order valence-corrected chi connectivity index (χ2v) is 11.0. The molecule has 1 aromatic rings. The molecule has 0 bridgehead atoms. The summed E-state index contributed by atoms with van der Waals surface area (Å²) >= 11 is 0. The highest BCUT2D eigenvalue weighted by Gasteiger charge is 2.69. The number of primary amides is 1. The number of ketones is 4. The minimum atomic E-state index is -2.80. The van der Waals surface area contributed by atoms with Gasteiger partial charge in [-0.25, -0.2) is 4.39 Å². The predicted octanol–water partition coefficient (Wildman–Crippen LogP) is -0.248. The fourth-order valence-electron chi connectivity index (χ4n) is 6.33. The number of nitrogens with two attached hydrogens (primary N) is 1. The summed E-state index contributed by atoms with van der Waals surface area (Å²) < 4.78 is 15.6. The molecule has 2 saturated carbocycles. The number of phenols is 1. The molecule has 5 N–H and O–H groups in total. The molecule has 200 valence electrons. The number of hydrogen-bond donors (Lipinski definition) is 4. The third kappa shape index (κ3) is 4.00. The van der Waals surface area contributed by atoms with Crippen LogP contribution in [-0.4, -0.2) is 76.4 Å². The second-order valence-electron chi connectivity index (χ2n) is 11.0. The molecule has 3 aliphatic carbocycles. The first-order valence-corrected chi connectivity index (χ1v) is 12.3. The first-order valence-electron chi connectivity index (χ1n) is 12.3. The largest absolute Gasteiger partial charge is 0.507 e. The number of halogens is 1. The summed E-state index contributed by atoms with van der Waals surface area (Å²) in [5, 5.41) is 25.3. The molecule has 11 heteroatoms. The molecular formula is C26H32FN3O7. The molecule has 1 aromatic carbocycles. The maximum atomic E-state index is 15.6. The third-order valence-electron chi connectivity index (χ3n) is 7.94. The standard InChI is InChI=1S/C26H32FN3O7/c1-10(2)8-29-9-12-7-15(31)17-13(19(12)27)5-11-6-14-20(30(3)4)22(33)18(25(28)36)24(35)26(14,37)23(34)16(11)21(17)32/h7,10-11,14,16,18,20,29,31,37H,5-6,8-9H2,1-4H3,(H2,28,36)/t11-,14-,16?,18?,20-,26-/m0/s1. The Bertz CT molecular complexity index is 1210. The third-order valence-corrected chi connectivity index (χ3v) is 7.94. The van der Waals surface area contributed by atoms with E-state index in [1.54, 1.807) is 0 Å². The number of hydrogen-bond acceptors (Lipinski definition) is 9. The van der Waals surface area contributed by atoms with Gasteiger partial charge in [0.25, 0.3) is 0 Å². The lowest BCUT2D eigenvalue weighted by molar-refractivity contribution is -0.181. The van der Waals surface area contributed by atoms with E-state index in [1.165, 1.54) is 19.0 Å². The van der Waals surface area contributed by atoms with Crippen LogP contribution < -0.4 is 11.1 Å². The number of fused-ring (bicyclic) bond motifs is 3. The molecule has 2 fully saturated rings. The molecule has 2 unspecified atom stereocenters. The topological polar surface area (TPSA) is 167 Å². The number of carbonyl (C=O) groups excluding carboxylic acids is 5. The van der Waals surface area contributed by atoms with Crippen LogP contribution in [0.3, 0.4) is 0 Å². The van der Waals surface area contributed by atoms with Crippen LogP contribution in [0.5, 0.6) is 5.75 Å². The van der Waals surface area contributed by atoms with Gasteiger partial charge in [0.05, 0.1) is 17.5 Å². The normalized spacial score (nSPS) is 31.4. The lowest BCUT2D eigenvalue weighted by Crippen LogP contribution is -2.74. The van der Waals surface area contributed by atoms with Gasteiger partial charge in [0, 0.05) is 23.6 Å². The van der Waals surface area contributed by atoms with E-state index >= 15 is 4.39 Å². The summed E-state index contributed by atoms with van der Waals surface area (Å²) in [4.78, 5) is 66.9. The van der Waals surface area contributed by atoms with Gasteiger partial charge in [0.15, 0.2) is 34.7 Å². The molecule has 1 amide bonds. The van der Waals surface area contributed by atoms with Crippen molar-refractivity contribution in [1.82, 2.24) is 10.2 Å². The summed E-state index contributed by atoms with van der Waals surface area (Å²) in [6.45, 7) is 4.70. The fraction of sp³-hybridized carbons (Fsp3) is 0.577. The van der Waals surface area contributed by atoms with Gasteiger partial charge in [0.2, 0.25) is 5.91 Å². The molecule has 0 spiro atoms. The average Bonchev–Trinajstić information content (AvgIpc) is 2.78. The number of nitrogens with one attached hydrogen (secondary N) is 1. The number of benzene rings is 1. The highest BCUT2D eigenvalue weighted by atomic mass is 19.1. The Balaban J connectivity index is 1.79. The van der Waals surface area contributed by atoms with Crippen LogP contribution in [-0.2, 0) is 32.1 Å². The maximum absolute atomic E-state index is 15.6. The minimum Gasteiger partial charge on any atom is -0.507 e. The zero-order chi connectivity index (χ0) is 27.6. The SMILES string of the molecule is CC(C)CNCc1cc(O)c2c(c1F)C[C@H]1C[C@H]3[C@H](N(C)C)C(=O)C(C(N)=O)C(=O)[C@@]3(O)C(=O)C1C2=O. The number of aliphatic hydroxyl groups is 1. The van der Waals surface area contributed by atoms with Crippen molar-refractivity contribution in [3.8, 4) is 5.75 Å². The van der Waals surface area contributed by atoms with Crippen molar-refractivity contribution >= 4 is 29.0 Å². The van der Waals surface area contributed by atoms with Gasteiger partial charge in [-0.15, -0.1) is 0 Å². The van der Waals surface area contributed by atoms with Gasteiger partial charge >= 0.3 is 0 Å². The maximum Gasteiger partial charge on any atom is 0.235 e. The highest BCUT2D eigenvalue weighted by molar-refractivity contribution is 6.32. The highest BCUT2D eigenvalue weighted by Crippen LogP contribution is 2.51. The summed E-state index contributed by atoms with van der Waals surface area (Å²) in [6, 6.07) is -0.0633. The average molecular weight is 518 g/mol. The van der Waals surface area contributed by atoms with E-state index in [2.05, 4.69) is 5.32 Å². The number of carbonyl (C=O) groups is 5. The number of phenolic OH excluding ortho intramolecular Hbond substituents is 1. The van der Waals surface area contributed by atoms with Crippen LogP contribution in [0.25, 0.3) is 0 Å². The van der Waals surface area contributed by atoms with Crippen molar-refractivity contribution in [2.45, 2.75) is 44.9 Å². The fourth-order valence-corrected chi connectivity index (χ4v) is 6.33. The molecule has 10 nitrogen and oxygen atoms in total. The van der Waals surface area contributed by atoms with Gasteiger partial charge in [-0.2, -0.15) is 0 Å². The Labute approximate surface area is 213 Å². The number of likely N-dealkylation sites (N-methyl/N-ethyl adjacent to an activating group) is 1. The van der Waals surface area contributed by atoms with Crippen molar-refractivity contribution in [3.63, 3.8) is 0 Å². The lowest BCUT2D eigenvalue weighted by atomic mass is 9.52. The van der Waals surface area contributed by atoms with Crippen LogP contribution in [0.15, 0.2) is 6.07 Å². The molecule has 0 heterocycles. The van der Waals surface area contributed by atoms with Crippen LogP contribution >= 0.6 is 0 Å². The zero-order valence-corrected chi connectivity index (χ0v) is 21.2. The van der Waals surface area contributed by atoms with E-state index in [0.29, 0.717) is 12.5 Å². The molecule has 4 rings (SSSR count). The van der Waals surface area contributed by atoms with Gasteiger partial charge < -0.3 is 21.3 Å². The van der Waals surface area contributed by atoms with E-state index in [4.69, 9.17) is 5.73 Å². The summed E-state index contributed by atoms with van der Waals surface area (Å²) in [7, 11) is 3.01. The smallest absolute Gasteiger partial charge is 0.235 e. The Hall–Kier alpha value is -3.02. The van der Waals surface area contributed by atoms with E-state index in [9.17, 15) is 34.2 Å². The summed E-state index contributed by atoms with van der Waals surface area (Å²) in [5.41, 5.74) is 2.28. The van der Waals surface area contributed by atoms with Gasteiger partial charge in [-0.1, -0.05) is 13.8 Å². The van der Waals surface area contributed by atoms with Crippen molar-refractivity contribution in [1.29, 1.82) is 0 Å². The van der Waals surface area contributed by atoms with Gasteiger partial charge in [-0.3, -0.25) is 28.9 Å². The number of Topliss-reactive ketones (excluding diaryl/α,β-unsaturated/α-hetero) is 4. The monoisotopic (exact) mass is 517 g/mol. The van der Waals surface area contributed by atoms with Gasteiger partial charge in [0.1, 0.15) is 11.6 Å². The van der Waals surface area contributed by atoms with Gasteiger partial charge in [-0.05, 0) is 51.4 Å². The lowest BCUT2D eigenvalue weighted by Gasteiger charge is -2.52. The molecular weight excluding hydrogens is 485 g/mol. The second kappa shape index (κ2) is 9.38. The Kier molecular flexibility index (Phi) is 6.85. The Morgan fingerprint density at radius 3 is 2.46 bits per heavy atom. The molecule has 6 atom stereocenters. The van der Waals surface area contributed by atoms with E-state index in [0.717, 1.165) is 6.07 Å². The molecule has 0 saturated heterocycles. The van der Waals surface area contributed by atoms with Crippen LogP contribution in [0.2, 0.25) is 0 Å². The minimum absolute atomic E-state index is 0.0317. The summed E-state index contributed by atoms with van der Waals surface area (Å²) in [6.07, 6.45) is -0.233. The van der Waals surface area contributed by atoms with E-state index in [-0.39, 0.29) is 36.1 Å². The van der Waals surface area contributed by atoms with E-state index < -0.39 is 75.9 Å². The molecule has 0 aromatic heterocycles. The number of amides is 1. The Morgan fingerprint density at radius 2 is 1.89 bits per heavy atom. The number of aromatic hydroxyl groups is 1. The number of nitrogens with zero attached hydrogens (tertiary/aromatic N) is 1. The van der Waals surface area contributed by atoms with Crippen molar-refractivity contribution in [2.75, 3.05) is 20.6 Å². The summed E-state index contributed by atoms with van der Waals surface area (Å²) in [5.74, 6) is -12.0. The number of rotatable bonds is 6. The van der Waals surface area contributed by atoms with Crippen molar-refractivity contribution in [3.05, 3.63) is 28.6 Å². The van der Waals surface area contributed by atoms with Crippen LogP contribution in [0, 0.1) is 35.4 Å². The predicted molar refractivity (Wildman–Crippen MR) is 128 cm³/mol. The first kappa shape index (κ1) is 27.0. The van der Waals surface area contributed by atoms with Crippen molar-refractivity contribution < 1.29 is 38.6 Å². The molecule has 3 aliphatic rings. The first-order chi connectivity index (χ1) is 17.2.